The number of nitrogens with one attached hydrogen (secondary N) is 1. The summed E-state index contributed by atoms with van der Waals surface area (Å²) in [5, 5.41) is 3.43. The predicted molar refractivity (Wildman–Crippen MR) is 65.0 cm³/mol. The molecule has 0 saturated heterocycles. The van der Waals surface area contributed by atoms with E-state index in [-0.39, 0.29) is 5.92 Å². The fourth-order valence-electron chi connectivity index (χ4n) is 2.96. The van der Waals surface area contributed by atoms with Crippen molar-refractivity contribution in [3.63, 3.8) is 0 Å². The summed E-state index contributed by atoms with van der Waals surface area (Å²) in [6.45, 7) is 5.17. The van der Waals surface area contributed by atoms with Crippen molar-refractivity contribution < 1.29 is 8.78 Å². The van der Waals surface area contributed by atoms with Crippen LogP contribution >= 0.6 is 0 Å². The minimum absolute atomic E-state index is 0.208. The number of rotatable bonds is 3. The smallest absolute Gasteiger partial charge is 0.129 e. The molecule has 3 unspecified atom stereocenters. The summed E-state index contributed by atoms with van der Waals surface area (Å²) in [4.78, 5) is 0. The first kappa shape index (κ1) is 12.5. The van der Waals surface area contributed by atoms with E-state index >= 15 is 0 Å². The van der Waals surface area contributed by atoms with Crippen molar-refractivity contribution in [3.05, 3.63) is 35.4 Å². The summed E-state index contributed by atoms with van der Waals surface area (Å²) in [6, 6.07) is 4.39. The van der Waals surface area contributed by atoms with Crippen LogP contribution in [0.3, 0.4) is 0 Å². The molecule has 3 atom stereocenters. The number of halogens is 2. The van der Waals surface area contributed by atoms with Gasteiger partial charge in [-0.05, 0) is 42.9 Å². The quantitative estimate of drug-likeness (QED) is 0.851. The second-order valence-electron chi connectivity index (χ2n) is 4.87. The number of hydrogen-bond acceptors (Lipinski definition) is 1. The molecule has 1 aliphatic carbocycles. The van der Waals surface area contributed by atoms with Crippen LogP contribution in [0.4, 0.5) is 8.78 Å². The van der Waals surface area contributed by atoms with E-state index < -0.39 is 11.6 Å². The van der Waals surface area contributed by atoms with Crippen molar-refractivity contribution >= 4 is 0 Å². The van der Waals surface area contributed by atoms with Gasteiger partial charge in [-0.1, -0.05) is 19.9 Å². The van der Waals surface area contributed by atoms with Gasteiger partial charge in [0, 0.05) is 12.1 Å². The van der Waals surface area contributed by atoms with Crippen molar-refractivity contribution in [2.45, 2.75) is 38.6 Å². The highest BCUT2D eigenvalue weighted by molar-refractivity contribution is 5.25. The molecule has 0 radical (unpaired) electrons. The topological polar surface area (TPSA) is 12.0 Å². The second kappa shape index (κ2) is 5.13. The van der Waals surface area contributed by atoms with Gasteiger partial charge >= 0.3 is 0 Å². The Morgan fingerprint density at radius 3 is 2.71 bits per heavy atom. The summed E-state index contributed by atoms with van der Waals surface area (Å²) in [7, 11) is 0. The average Bonchev–Trinajstić information content (AvgIpc) is 2.62. The van der Waals surface area contributed by atoms with E-state index in [1.807, 2.05) is 0 Å². The van der Waals surface area contributed by atoms with E-state index in [2.05, 4.69) is 19.2 Å². The highest BCUT2D eigenvalue weighted by Crippen LogP contribution is 2.40. The Morgan fingerprint density at radius 2 is 2.06 bits per heavy atom. The molecule has 1 N–H and O–H groups in total. The molecule has 0 bridgehead atoms. The summed E-state index contributed by atoms with van der Waals surface area (Å²) < 4.78 is 26.6. The van der Waals surface area contributed by atoms with Crippen LogP contribution in [-0.4, -0.2) is 12.6 Å². The Labute approximate surface area is 101 Å². The third-order valence-electron chi connectivity index (χ3n) is 3.89. The first-order valence-corrected chi connectivity index (χ1v) is 6.31. The normalized spacial score (nSPS) is 28.6. The van der Waals surface area contributed by atoms with Crippen LogP contribution < -0.4 is 5.32 Å². The Morgan fingerprint density at radius 1 is 1.29 bits per heavy atom. The van der Waals surface area contributed by atoms with E-state index in [9.17, 15) is 8.78 Å². The molecule has 2 rings (SSSR count). The molecular formula is C14H19F2N. The van der Waals surface area contributed by atoms with Gasteiger partial charge in [-0.2, -0.15) is 0 Å². The summed E-state index contributed by atoms with van der Waals surface area (Å²) in [5.41, 5.74) is 0.666. The number of hydrogen-bond donors (Lipinski definition) is 1. The average molecular weight is 239 g/mol. The van der Waals surface area contributed by atoms with E-state index in [0.29, 0.717) is 17.5 Å². The minimum atomic E-state index is -0.500. The molecule has 94 valence electrons. The van der Waals surface area contributed by atoms with Crippen molar-refractivity contribution in [2.24, 2.45) is 5.92 Å². The zero-order valence-electron chi connectivity index (χ0n) is 10.3. The molecule has 1 aromatic carbocycles. The van der Waals surface area contributed by atoms with Gasteiger partial charge in [-0.25, -0.2) is 8.78 Å². The molecule has 3 heteroatoms. The Hall–Kier alpha value is -0.960. The maximum absolute atomic E-state index is 13.7. The lowest BCUT2D eigenvalue weighted by Crippen LogP contribution is -2.32. The molecule has 1 fully saturated rings. The van der Waals surface area contributed by atoms with Gasteiger partial charge in [0.2, 0.25) is 0 Å². The van der Waals surface area contributed by atoms with Crippen LogP contribution in [0, 0.1) is 17.6 Å². The van der Waals surface area contributed by atoms with Crippen LogP contribution in [0.25, 0.3) is 0 Å². The second-order valence-corrected chi connectivity index (χ2v) is 4.87. The van der Waals surface area contributed by atoms with Gasteiger partial charge in [0.15, 0.2) is 0 Å². The molecule has 0 spiro atoms. The van der Waals surface area contributed by atoms with Gasteiger partial charge in [0.05, 0.1) is 0 Å². The molecular weight excluding hydrogens is 220 g/mol. The lowest BCUT2D eigenvalue weighted by atomic mass is 9.88. The first-order valence-electron chi connectivity index (χ1n) is 6.31. The maximum Gasteiger partial charge on any atom is 0.129 e. The molecule has 17 heavy (non-hydrogen) atoms. The third kappa shape index (κ3) is 2.49. The highest BCUT2D eigenvalue weighted by Gasteiger charge is 2.34. The van der Waals surface area contributed by atoms with E-state index in [0.717, 1.165) is 25.5 Å². The maximum atomic E-state index is 13.7. The molecule has 0 aromatic heterocycles. The predicted octanol–water partition coefficient (Wildman–Crippen LogP) is 3.46. The van der Waals surface area contributed by atoms with Crippen LogP contribution in [0.1, 0.15) is 38.2 Å². The SMILES string of the molecule is CCNC1CCC(c2ccc(F)cc2F)C1C. The monoisotopic (exact) mass is 239 g/mol. The summed E-state index contributed by atoms with van der Waals surface area (Å²) in [6.07, 6.45) is 2.04. The van der Waals surface area contributed by atoms with Crippen LogP contribution in [-0.2, 0) is 0 Å². The van der Waals surface area contributed by atoms with Crippen molar-refractivity contribution in [3.8, 4) is 0 Å². The molecule has 0 aliphatic heterocycles. The van der Waals surface area contributed by atoms with Crippen molar-refractivity contribution in [1.29, 1.82) is 0 Å². The fraction of sp³-hybridized carbons (Fsp3) is 0.571. The standard InChI is InChI=1S/C14H19F2N/c1-3-17-14-7-6-11(9(14)2)12-5-4-10(15)8-13(12)16/h4-5,8-9,11,14,17H,3,6-7H2,1-2H3. The van der Waals surface area contributed by atoms with E-state index in [1.54, 1.807) is 6.07 Å². The van der Waals surface area contributed by atoms with Crippen molar-refractivity contribution in [1.82, 2.24) is 5.32 Å². The number of benzene rings is 1. The zero-order chi connectivity index (χ0) is 12.4. The van der Waals surface area contributed by atoms with Crippen LogP contribution in [0.2, 0.25) is 0 Å². The van der Waals surface area contributed by atoms with Gasteiger partial charge in [0.25, 0.3) is 0 Å². The van der Waals surface area contributed by atoms with E-state index in [1.165, 1.54) is 6.07 Å². The van der Waals surface area contributed by atoms with Gasteiger partial charge in [-0.3, -0.25) is 0 Å². The molecule has 1 aromatic rings. The molecule has 1 saturated carbocycles. The Bertz CT molecular complexity index is 392. The Kier molecular flexibility index (Phi) is 3.77. The van der Waals surface area contributed by atoms with Gasteiger partial charge in [0.1, 0.15) is 11.6 Å². The zero-order valence-corrected chi connectivity index (χ0v) is 10.3. The first-order chi connectivity index (χ1) is 8.13. The lowest BCUT2D eigenvalue weighted by molar-refractivity contribution is 0.405. The summed E-state index contributed by atoms with van der Waals surface area (Å²) >= 11 is 0. The van der Waals surface area contributed by atoms with E-state index in [4.69, 9.17) is 0 Å². The molecule has 0 amide bonds. The lowest BCUT2D eigenvalue weighted by Gasteiger charge is -2.22. The molecule has 1 aliphatic rings. The minimum Gasteiger partial charge on any atom is -0.314 e. The molecule has 0 heterocycles. The van der Waals surface area contributed by atoms with Gasteiger partial charge < -0.3 is 5.32 Å². The highest BCUT2D eigenvalue weighted by atomic mass is 19.1. The third-order valence-corrected chi connectivity index (χ3v) is 3.89. The largest absolute Gasteiger partial charge is 0.314 e. The van der Waals surface area contributed by atoms with Crippen LogP contribution in [0.15, 0.2) is 18.2 Å². The fourth-order valence-corrected chi connectivity index (χ4v) is 2.96. The summed E-state index contributed by atoms with van der Waals surface area (Å²) in [5.74, 6) is -0.298. The van der Waals surface area contributed by atoms with Gasteiger partial charge in [-0.15, -0.1) is 0 Å². The van der Waals surface area contributed by atoms with Crippen LogP contribution in [0.5, 0.6) is 0 Å². The molecule has 1 nitrogen and oxygen atoms in total. The van der Waals surface area contributed by atoms with Crippen molar-refractivity contribution in [2.75, 3.05) is 6.54 Å². The Balaban J connectivity index is 2.18.